The van der Waals surface area contributed by atoms with Gasteiger partial charge in [0.2, 0.25) is 0 Å². The number of carbonyl (C=O) groups is 4. The van der Waals surface area contributed by atoms with Crippen LogP contribution in [0.3, 0.4) is 0 Å². The molecular formula is C21H26O9S. The fraction of sp³-hybridized carbons (Fsp3) is 0.524. The van der Waals surface area contributed by atoms with Gasteiger partial charge in [-0.15, -0.1) is 0 Å². The first-order valence-corrected chi connectivity index (χ1v) is 10.0. The van der Waals surface area contributed by atoms with Gasteiger partial charge in [0.15, 0.2) is 29.0 Å². The monoisotopic (exact) mass is 454 g/mol. The molecule has 0 radical (unpaired) electrons. The van der Waals surface area contributed by atoms with Crippen LogP contribution >= 0.6 is 12.6 Å². The lowest BCUT2D eigenvalue weighted by Gasteiger charge is -2.49. The summed E-state index contributed by atoms with van der Waals surface area (Å²) >= 11 is 4.52. The van der Waals surface area contributed by atoms with Crippen LogP contribution in [0, 0.1) is 0 Å². The molecule has 1 fully saturated rings. The lowest BCUT2D eigenvalue weighted by atomic mass is 9.84. The second-order valence-electron chi connectivity index (χ2n) is 7.08. The Morgan fingerprint density at radius 3 is 2.03 bits per heavy atom. The van der Waals surface area contributed by atoms with Gasteiger partial charge in [0.1, 0.15) is 12.7 Å². The maximum absolute atomic E-state index is 12.7. The van der Waals surface area contributed by atoms with Crippen LogP contribution in [-0.4, -0.2) is 59.6 Å². The van der Waals surface area contributed by atoms with E-state index in [-0.39, 0.29) is 13.2 Å². The summed E-state index contributed by atoms with van der Waals surface area (Å²) in [6.45, 7) is 4.48. The molecule has 1 aromatic carbocycles. The molecule has 1 aliphatic rings. The predicted molar refractivity (Wildman–Crippen MR) is 110 cm³/mol. The van der Waals surface area contributed by atoms with Gasteiger partial charge in [0.25, 0.3) is 0 Å². The van der Waals surface area contributed by atoms with Crippen molar-refractivity contribution in [2.24, 2.45) is 0 Å². The van der Waals surface area contributed by atoms with E-state index in [1.165, 1.54) is 13.8 Å². The Morgan fingerprint density at radius 2 is 1.52 bits per heavy atom. The molecule has 1 heterocycles. The number of ether oxygens (including phenoxy) is 5. The second-order valence-corrected chi connectivity index (χ2v) is 7.82. The lowest BCUT2D eigenvalue weighted by molar-refractivity contribution is -0.287. The molecule has 0 bridgehead atoms. The summed E-state index contributed by atoms with van der Waals surface area (Å²) in [7, 11) is 0. The van der Waals surface area contributed by atoms with Gasteiger partial charge in [-0.3, -0.25) is 19.2 Å². The quantitative estimate of drug-likeness (QED) is 0.355. The van der Waals surface area contributed by atoms with Crippen molar-refractivity contribution < 1.29 is 42.9 Å². The van der Waals surface area contributed by atoms with Crippen molar-refractivity contribution in [1.29, 1.82) is 0 Å². The Labute approximate surface area is 185 Å². The largest absolute Gasteiger partial charge is 0.463 e. The van der Waals surface area contributed by atoms with Crippen LogP contribution in [0.2, 0.25) is 0 Å². The average Bonchev–Trinajstić information content (AvgIpc) is 2.69. The topological polar surface area (TPSA) is 114 Å². The summed E-state index contributed by atoms with van der Waals surface area (Å²) in [6, 6.07) is 9.13. The smallest absolute Gasteiger partial charge is 0.303 e. The van der Waals surface area contributed by atoms with E-state index in [1.54, 1.807) is 0 Å². The van der Waals surface area contributed by atoms with Crippen LogP contribution < -0.4 is 0 Å². The van der Waals surface area contributed by atoms with E-state index < -0.39 is 53.0 Å². The SMILES string of the molecule is CC(=O)OC[C@@H]1O[C@@H](OCc2ccccc2)[C@@H](OC(C)=O)[C@](S)(C(C)=O)[C@@H]1OC(C)=O. The molecule has 0 spiro atoms. The molecule has 31 heavy (non-hydrogen) atoms. The Bertz CT molecular complexity index is 812. The summed E-state index contributed by atoms with van der Waals surface area (Å²) in [5.41, 5.74) is 0.805. The number of ketones is 1. The van der Waals surface area contributed by atoms with Crippen molar-refractivity contribution in [1.82, 2.24) is 0 Å². The number of thiol groups is 1. The van der Waals surface area contributed by atoms with Crippen molar-refractivity contribution >= 4 is 36.3 Å². The first kappa shape index (κ1) is 24.8. The van der Waals surface area contributed by atoms with Crippen LogP contribution in [-0.2, 0) is 49.5 Å². The number of Topliss-reactive ketones (excluding diaryl/α,β-unsaturated/α-hetero) is 1. The van der Waals surface area contributed by atoms with Crippen molar-refractivity contribution in [3.05, 3.63) is 35.9 Å². The van der Waals surface area contributed by atoms with E-state index in [2.05, 4.69) is 12.6 Å². The third kappa shape index (κ3) is 6.28. The normalized spacial score (nSPS) is 27.8. The van der Waals surface area contributed by atoms with Gasteiger partial charge in [-0.1, -0.05) is 30.3 Å². The van der Waals surface area contributed by atoms with Gasteiger partial charge >= 0.3 is 17.9 Å². The fourth-order valence-electron chi connectivity index (χ4n) is 3.24. The fourth-order valence-corrected chi connectivity index (χ4v) is 3.64. The maximum atomic E-state index is 12.7. The minimum absolute atomic E-state index is 0.0730. The summed E-state index contributed by atoms with van der Waals surface area (Å²) in [5, 5.41) is 0. The molecule has 170 valence electrons. The Hall–Kier alpha value is -2.43. The predicted octanol–water partition coefficient (Wildman–Crippen LogP) is 1.61. The first-order valence-electron chi connectivity index (χ1n) is 9.57. The highest BCUT2D eigenvalue weighted by Crippen LogP contribution is 2.40. The Morgan fingerprint density at radius 1 is 0.935 bits per heavy atom. The summed E-state index contributed by atoms with van der Waals surface area (Å²) in [4.78, 5) is 47.6. The number of hydrogen-bond acceptors (Lipinski definition) is 10. The summed E-state index contributed by atoms with van der Waals surface area (Å²) in [5.74, 6) is -2.56. The molecule has 9 nitrogen and oxygen atoms in total. The zero-order valence-electron chi connectivity index (χ0n) is 17.7. The van der Waals surface area contributed by atoms with Crippen LogP contribution in [0.1, 0.15) is 33.3 Å². The molecule has 1 aliphatic heterocycles. The number of rotatable bonds is 8. The van der Waals surface area contributed by atoms with Gasteiger partial charge in [-0.25, -0.2) is 0 Å². The second kappa shape index (κ2) is 10.7. The Balaban J connectivity index is 2.43. The maximum Gasteiger partial charge on any atom is 0.303 e. The molecule has 10 heteroatoms. The number of carbonyl (C=O) groups excluding carboxylic acids is 4. The number of hydrogen-bond donors (Lipinski definition) is 1. The highest BCUT2D eigenvalue weighted by atomic mass is 32.1. The van der Waals surface area contributed by atoms with Crippen LogP contribution in [0.4, 0.5) is 0 Å². The molecular weight excluding hydrogens is 428 g/mol. The van der Waals surface area contributed by atoms with E-state index >= 15 is 0 Å². The third-order valence-corrected chi connectivity index (χ3v) is 5.44. The molecule has 0 amide bonds. The van der Waals surface area contributed by atoms with Crippen LogP contribution in [0.15, 0.2) is 30.3 Å². The van der Waals surface area contributed by atoms with Crippen LogP contribution in [0.25, 0.3) is 0 Å². The molecule has 0 saturated carbocycles. The number of esters is 3. The van der Waals surface area contributed by atoms with Gasteiger partial charge in [0, 0.05) is 20.8 Å². The van der Waals surface area contributed by atoms with Gasteiger partial charge in [-0.2, -0.15) is 12.6 Å². The molecule has 1 aromatic rings. The van der Waals surface area contributed by atoms with Gasteiger partial charge in [-0.05, 0) is 12.5 Å². The van der Waals surface area contributed by atoms with Crippen molar-refractivity contribution in [3.63, 3.8) is 0 Å². The number of benzene rings is 1. The van der Waals surface area contributed by atoms with Crippen molar-refractivity contribution in [2.75, 3.05) is 6.61 Å². The summed E-state index contributed by atoms with van der Waals surface area (Å²) < 4.78 is 25.6. The van der Waals surface area contributed by atoms with Gasteiger partial charge < -0.3 is 23.7 Å². The van der Waals surface area contributed by atoms with E-state index in [4.69, 9.17) is 23.7 Å². The highest BCUT2D eigenvalue weighted by molar-refractivity contribution is 7.83. The van der Waals surface area contributed by atoms with Crippen molar-refractivity contribution in [3.8, 4) is 0 Å². The lowest BCUT2D eigenvalue weighted by Crippen LogP contribution is -2.69. The Kier molecular flexibility index (Phi) is 8.60. The minimum atomic E-state index is -1.82. The molecule has 0 N–H and O–H groups in total. The van der Waals surface area contributed by atoms with Crippen LogP contribution in [0.5, 0.6) is 0 Å². The van der Waals surface area contributed by atoms with Crippen molar-refractivity contribution in [2.45, 2.75) is 63.7 Å². The minimum Gasteiger partial charge on any atom is -0.463 e. The average molecular weight is 454 g/mol. The molecule has 0 unspecified atom stereocenters. The molecule has 1 saturated heterocycles. The standard InChI is InChI=1S/C21H26O9S/c1-12(22)21(31)18(28-14(3)24)17(11-26-13(2)23)30-20(19(21)29-15(4)25)27-10-16-8-6-5-7-9-16/h5-9,17-20,31H,10-11H2,1-4H3/t17-,18+,19+,20+,21-/m0/s1. The zero-order chi connectivity index (χ0) is 23.2. The molecule has 0 aromatic heterocycles. The first-order chi connectivity index (χ1) is 14.6. The zero-order valence-corrected chi connectivity index (χ0v) is 18.6. The van der Waals surface area contributed by atoms with Gasteiger partial charge in [0.05, 0.1) is 6.61 Å². The summed E-state index contributed by atoms with van der Waals surface area (Å²) in [6.07, 6.45) is -5.00. The van der Waals surface area contributed by atoms with E-state index in [1.807, 2.05) is 30.3 Å². The van der Waals surface area contributed by atoms with E-state index in [0.717, 1.165) is 19.4 Å². The molecule has 0 aliphatic carbocycles. The van der Waals surface area contributed by atoms with E-state index in [9.17, 15) is 19.2 Å². The molecule has 5 atom stereocenters. The highest BCUT2D eigenvalue weighted by Gasteiger charge is 2.62. The van der Waals surface area contributed by atoms with E-state index in [0.29, 0.717) is 0 Å². The third-order valence-electron chi connectivity index (χ3n) is 4.62. The molecule has 2 rings (SSSR count).